The molecular weight excluding hydrogens is 693 g/mol. The Kier molecular flexibility index (Phi) is 8.62. The number of piperidine rings is 1. The van der Waals surface area contributed by atoms with Crippen molar-refractivity contribution in [2.45, 2.75) is 70.0 Å². The van der Waals surface area contributed by atoms with Gasteiger partial charge >= 0.3 is 0 Å². The zero-order valence-corrected chi connectivity index (χ0v) is 30.8. The molecule has 7 heterocycles. The molecule has 5 aromatic rings. The SMILES string of the molecule is CC(C)n1nc(N2CCN(Cc3ccc4c(c3)CN(C3CCCNC3)C4=O)CC2)c2cnc(Nc3ccnc(-c4cnn(S(=O)(=O)C5CC5)c4)n3)cc21. The number of nitrogens with zero attached hydrogens (tertiary/aromatic N) is 10. The molecule has 4 aliphatic rings. The van der Waals surface area contributed by atoms with Gasteiger partial charge in [-0.3, -0.25) is 14.4 Å². The molecule has 1 saturated carbocycles. The van der Waals surface area contributed by atoms with Crippen molar-refractivity contribution in [3.63, 3.8) is 0 Å². The first-order chi connectivity index (χ1) is 25.7. The van der Waals surface area contributed by atoms with Crippen LogP contribution in [-0.4, -0.2) is 109 Å². The summed E-state index contributed by atoms with van der Waals surface area (Å²) >= 11 is 0. The van der Waals surface area contributed by atoms with Gasteiger partial charge in [-0.25, -0.2) is 23.4 Å². The number of benzene rings is 1. The predicted octanol–water partition coefficient (Wildman–Crippen LogP) is 3.78. The normalized spacial score (nSPS) is 19.8. The van der Waals surface area contributed by atoms with Crippen molar-refractivity contribution in [1.82, 2.24) is 49.0 Å². The van der Waals surface area contributed by atoms with E-state index in [9.17, 15) is 13.2 Å². The van der Waals surface area contributed by atoms with E-state index < -0.39 is 10.0 Å². The van der Waals surface area contributed by atoms with Gasteiger partial charge in [0.1, 0.15) is 11.6 Å². The van der Waals surface area contributed by atoms with E-state index in [2.05, 4.69) is 66.4 Å². The molecule has 2 saturated heterocycles. The van der Waals surface area contributed by atoms with Crippen molar-refractivity contribution < 1.29 is 13.2 Å². The third kappa shape index (κ3) is 6.52. The standard InChI is InChI=1S/C37H44N12O3S/c1-24(2)49-32-17-34(42-33-9-11-39-35(43-33)27-18-41-48(23-27)53(51,52)29-6-7-29)40-20-31(32)36(44-49)46-14-12-45(13-15-46)21-25-5-8-30-26(16-25)22-47(37(30)50)28-4-3-10-38-19-28/h5,8-9,11,16-18,20,23-24,28-29,38H,3-4,6-7,10,12-15,19,21-22H2,1-2H3,(H,39,40,42,43). The molecule has 3 aliphatic heterocycles. The van der Waals surface area contributed by atoms with Crippen LogP contribution in [0.5, 0.6) is 0 Å². The van der Waals surface area contributed by atoms with Crippen LogP contribution in [0.3, 0.4) is 0 Å². The Morgan fingerprint density at radius 3 is 2.62 bits per heavy atom. The highest BCUT2D eigenvalue weighted by atomic mass is 32.2. The molecule has 9 rings (SSSR count). The van der Waals surface area contributed by atoms with Crippen LogP contribution in [0, 0.1) is 0 Å². The molecule has 1 atom stereocenters. The molecule has 1 amide bonds. The summed E-state index contributed by atoms with van der Waals surface area (Å²) in [6.45, 7) is 11.2. The summed E-state index contributed by atoms with van der Waals surface area (Å²) in [4.78, 5) is 33.8. The molecule has 1 aliphatic carbocycles. The summed E-state index contributed by atoms with van der Waals surface area (Å²) in [6, 6.07) is 10.6. The highest BCUT2D eigenvalue weighted by Crippen LogP contribution is 2.33. The van der Waals surface area contributed by atoms with E-state index in [4.69, 9.17) is 10.1 Å². The van der Waals surface area contributed by atoms with Gasteiger partial charge in [-0.2, -0.15) is 14.3 Å². The summed E-state index contributed by atoms with van der Waals surface area (Å²) in [5.74, 6) is 2.62. The number of pyridine rings is 1. The van der Waals surface area contributed by atoms with Crippen molar-refractivity contribution in [1.29, 1.82) is 0 Å². The lowest BCUT2D eigenvalue weighted by Gasteiger charge is -2.35. The molecule has 15 nitrogen and oxygen atoms in total. The number of carbonyl (C=O) groups excluding carboxylic acids is 1. The molecule has 4 aromatic heterocycles. The number of carbonyl (C=O) groups is 1. The maximum absolute atomic E-state index is 13.2. The number of hydrogen-bond donors (Lipinski definition) is 2. The molecule has 276 valence electrons. The number of hydrogen-bond acceptors (Lipinski definition) is 12. The lowest BCUT2D eigenvalue weighted by Crippen LogP contribution is -2.46. The lowest BCUT2D eigenvalue weighted by atomic mass is 10.1. The Morgan fingerprint density at radius 2 is 1.85 bits per heavy atom. The maximum Gasteiger partial charge on any atom is 0.256 e. The molecule has 2 N–H and O–H groups in total. The van der Waals surface area contributed by atoms with Crippen LogP contribution in [0.2, 0.25) is 0 Å². The van der Waals surface area contributed by atoms with E-state index in [0.717, 1.165) is 90.6 Å². The van der Waals surface area contributed by atoms with Gasteiger partial charge in [-0.05, 0) is 69.3 Å². The van der Waals surface area contributed by atoms with Gasteiger partial charge in [0.05, 0.1) is 34.1 Å². The number of anilines is 3. The number of piperazine rings is 1. The zero-order chi connectivity index (χ0) is 36.3. The number of rotatable bonds is 10. The van der Waals surface area contributed by atoms with Gasteiger partial charge in [0.15, 0.2) is 11.6 Å². The van der Waals surface area contributed by atoms with Crippen LogP contribution in [-0.2, 0) is 23.1 Å². The number of amides is 1. The van der Waals surface area contributed by atoms with Crippen molar-refractivity contribution in [3.05, 3.63) is 71.8 Å². The van der Waals surface area contributed by atoms with Crippen LogP contribution in [0.1, 0.15) is 67.1 Å². The van der Waals surface area contributed by atoms with Gasteiger partial charge < -0.3 is 20.4 Å². The second kappa shape index (κ2) is 13.5. The van der Waals surface area contributed by atoms with E-state index >= 15 is 0 Å². The minimum Gasteiger partial charge on any atom is -0.352 e. The molecule has 0 radical (unpaired) electrons. The minimum absolute atomic E-state index is 0.133. The van der Waals surface area contributed by atoms with E-state index in [1.165, 1.54) is 18.0 Å². The average molecular weight is 737 g/mol. The topological polar surface area (TPSA) is 159 Å². The third-order valence-electron chi connectivity index (χ3n) is 10.8. The smallest absolute Gasteiger partial charge is 0.256 e. The zero-order valence-electron chi connectivity index (χ0n) is 30.0. The van der Waals surface area contributed by atoms with Crippen LogP contribution < -0.4 is 15.5 Å². The third-order valence-corrected chi connectivity index (χ3v) is 12.8. The number of nitrogens with one attached hydrogen (secondary N) is 2. The minimum atomic E-state index is -3.48. The summed E-state index contributed by atoms with van der Waals surface area (Å²) < 4.78 is 28.3. The number of aromatic nitrogens is 7. The van der Waals surface area contributed by atoms with Crippen molar-refractivity contribution >= 4 is 44.3 Å². The molecule has 53 heavy (non-hydrogen) atoms. The first kappa shape index (κ1) is 33.9. The summed E-state index contributed by atoms with van der Waals surface area (Å²) in [7, 11) is -3.48. The molecular formula is C37H44N12O3S. The van der Waals surface area contributed by atoms with Crippen molar-refractivity contribution in [2.75, 3.05) is 49.5 Å². The lowest BCUT2D eigenvalue weighted by molar-refractivity contribution is 0.0674. The van der Waals surface area contributed by atoms with Gasteiger partial charge in [-0.1, -0.05) is 12.1 Å². The molecule has 3 fully saturated rings. The van der Waals surface area contributed by atoms with Crippen LogP contribution in [0.25, 0.3) is 22.3 Å². The first-order valence-electron chi connectivity index (χ1n) is 18.6. The molecule has 0 spiro atoms. The van der Waals surface area contributed by atoms with Gasteiger partial charge in [0, 0.05) is 81.9 Å². The van der Waals surface area contributed by atoms with Gasteiger partial charge in [0.25, 0.3) is 15.9 Å². The van der Waals surface area contributed by atoms with Crippen molar-refractivity contribution in [3.8, 4) is 11.4 Å². The van der Waals surface area contributed by atoms with E-state index in [0.29, 0.717) is 42.4 Å². The fraction of sp³-hybridized carbons (Fsp3) is 0.459. The quantitative estimate of drug-likeness (QED) is 0.214. The molecule has 1 aromatic carbocycles. The fourth-order valence-electron chi connectivity index (χ4n) is 7.75. The van der Waals surface area contributed by atoms with Crippen molar-refractivity contribution in [2.24, 2.45) is 0 Å². The van der Waals surface area contributed by atoms with E-state index in [-0.39, 0.29) is 23.2 Å². The van der Waals surface area contributed by atoms with Gasteiger partial charge in [-0.15, -0.1) is 0 Å². The first-order valence-corrected chi connectivity index (χ1v) is 20.1. The highest BCUT2D eigenvalue weighted by molar-refractivity contribution is 7.90. The predicted molar refractivity (Wildman–Crippen MR) is 201 cm³/mol. The van der Waals surface area contributed by atoms with Crippen LogP contribution >= 0.6 is 0 Å². The van der Waals surface area contributed by atoms with E-state index in [1.54, 1.807) is 12.3 Å². The Balaban J connectivity index is 0.868. The van der Waals surface area contributed by atoms with Crippen LogP contribution in [0.15, 0.2) is 55.1 Å². The maximum atomic E-state index is 13.2. The Labute approximate surface area is 308 Å². The summed E-state index contributed by atoms with van der Waals surface area (Å²) in [6.07, 6.45) is 9.96. The second-order valence-corrected chi connectivity index (χ2v) is 16.9. The second-order valence-electron chi connectivity index (χ2n) is 14.9. The highest BCUT2D eigenvalue weighted by Gasteiger charge is 2.38. The Bertz CT molecular complexity index is 2280. The summed E-state index contributed by atoms with van der Waals surface area (Å²) in [5, 5.41) is 16.5. The van der Waals surface area contributed by atoms with E-state index in [1.807, 2.05) is 23.0 Å². The average Bonchev–Trinajstić information content (AvgIpc) is 3.66. The Morgan fingerprint density at radius 1 is 1.00 bits per heavy atom. The van der Waals surface area contributed by atoms with Crippen LogP contribution in [0.4, 0.5) is 17.5 Å². The summed E-state index contributed by atoms with van der Waals surface area (Å²) in [5.41, 5.74) is 4.75. The monoisotopic (exact) mass is 736 g/mol. The molecule has 0 bridgehead atoms. The fourth-order valence-corrected chi connectivity index (χ4v) is 9.23. The Hall–Kier alpha value is -4.93. The molecule has 16 heteroatoms. The van der Waals surface area contributed by atoms with Gasteiger partial charge in [0.2, 0.25) is 0 Å². The number of fused-ring (bicyclic) bond motifs is 2. The molecule has 1 unspecified atom stereocenters. The largest absolute Gasteiger partial charge is 0.352 e.